The zero-order valence-electron chi connectivity index (χ0n) is 14.0. The van der Waals surface area contributed by atoms with E-state index in [1.54, 1.807) is 11.3 Å². The number of aryl methyl sites for hydroxylation is 2. The first kappa shape index (κ1) is 18.4. The van der Waals surface area contributed by atoms with Crippen LogP contribution >= 0.6 is 11.3 Å². The maximum absolute atomic E-state index is 11.9. The third-order valence-corrected chi connectivity index (χ3v) is 7.14. The van der Waals surface area contributed by atoms with E-state index in [4.69, 9.17) is 0 Å². The number of amides is 1. The topological polar surface area (TPSA) is 79.4 Å². The van der Waals surface area contributed by atoms with E-state index in [2.05, 4.69) is 10.3 Å². The van der Waals surface area contributed by atoms with Gasteiger partial charge < -0.3 is 10.2 Å². The van der Waals surface area contributed by atoms with E-state index in [9.17, 15) is 13.2 Å². The fraction of sp³-hybridized carbons (Fsp3) is 0.733. The van der Waals surface area contributed by atoms with Crippen LogP contribution in [-0.2, 0) is 21.1 Å². The van der Waals surface area contributed by atoms with Gasteiger partial charge in [0.2, 0.25) is 5.91 Å². The Balaban J connectivity index is 1.65. The molecule has 6 nitrogen and oxygen atoms in total. The highest BCUT2D eigenvalue weighted by Gasteiger charge is 2.30. The van der Waals surface area contributed by atoms with Gasteiger partial charge in [0.25, 0.3) is 0 Å². The van der Waals surface area contributed by atoms with E-state index in [0.29, 0.717) is 25.9 Å². The van der Waals surface area contributed by atoms with Gasteiger partial charge in [0.1, 0.15) is 0 Å². The monoisotopic (exact) mass is 359 g/mol. The van der Waals surface area contributed by atoms with Crippen molar-refractivity contribution in [3.05, 3.63) is 15.6 Å². The molecule has 0 unspecified atom stereocenters. The standard InChI is InChI=1S/C15H25N3O3S2/c1-11-12(2)22-15(17-11)4-7-16-14(19)5-8-18(3)13-6-9-23(20,21)10-13/h13H,4-10H2,1-3H3,(H,16,19)/t13-/m1/s1. The van der Waals surface area contributed by atoms with Gasteiger partial charge in [0, 0.05) is 36.9 Å². The van der Waals surface area contributed by atoms with Crippen LogP contribution in [0.1, 0.15) is 28.4 Å². The molecule has 8 heteroatoms. The summed E-state index contributed by atoms with van der Waals surface area (Å²) in [5.41, 5.74) is 1.06. The Labute approximate surface area is 142 Å². The SMILES string of the molecule is Cc1nc(CCNC(=O)CCN(C)[C@@H]2CCS(=O)(=O)C2)sc1C. The molecule has 130 valence electrons. The summed E-state index contributed by atoms with van der Waals surface area (Å²) in [7, 11) is -0.985. The maximum atomic E-state index is 11.9. The molecule has 0 spiro atoms. The predicted molar refractivity (Wildman–Crippen MR) is 92.6 cm³/mol. The third-order valence-electron chi connectivity index (χ3n) is 4.26. The summed E-state index contributed by atoms with van der Waals surface area (Å²) < 4.78 is 22.9. The van der Waals surface area contributed by atoms with Crippen molar-refractivity contribution in [1.29, 1.82) is 0 Å². The van der Waals surface area contributed by atoms with E-state index < -0.39 is 9.84 Å². The number of rotatable bonds is 7. The maximum Gasteiger partial charge on any atom is 0.221 e. The third kappa shape index (κ3) is 5.54. The molecule has 1 amide bonds. The number of carbonyl (C=O) groups excluding carboxylic acids is 1. The summed E-state index contributed by atoms with van der Waals surface area (Å²) in [5, 5.41) is 3.95. The van der Waals surface area contributed by atoms with Crippen LogP contribution in [0, 0.1) is 13.8 Å². The van der Waals surface area contributed by atoms with Crippen molar-refractivity contribution in [1.82, 2.24) is 15.2 Å². The molecule has 2 rings (SSSR count). The molecule has 1 N–H and O–H groups in total. The quantitative estimate of drug-likeness (QED) is 0.783. The van der Waals surface area contributed by atoms with Gasteiger partial charge in [-0.3, -0.25) is 4.79 Å². The molecule has 0 saturated carbocycles. The summed E-state index contributed by atoms with van der Waals surface area (Å²) in [4.78, 5) is 19.5. The molecule has 1 saturated heterocycles. The number of sulfone groups is 1. The average Bonchev–Trinajstić information content (AvgIpc) is 2.99. The Morgan fingerprint density at radius 3 is 2.74 bits per heavy atom. The predicted octanol–water partition coefficient (Wildman–Crippen LogP) is 0.928. The molecular weight excluding hydrogens is 334 g/mol. The largest absolute Gasteiger partial charge is 0.356 e. The lowest BCUT2D eigenvalue weighted by Crippen LogP contribution is -2.36. The van der Waals surface area contributed by atoms with Crippen molar-refractivity contribution in [2.45, 2.75) is 39.2 Å². The van der Waals surface area contributed by atoms with Gasteiger partial charge in [-0.15, -0.1) is 11.3 Å². The van der Waals surface area contributed by atoms with Crippen LogP contribution in [0.25, 0.3) is 0 Å². The van der Waals surface area contributed by atoms with Gasteiger partial charge in [-0.05, 0) is 27.3 Å². The van der Waals surface area contributed by atoms with E-state index in [0.717, 1.165) is 17.1 Å². The van der Waals surface area contributed by atoms with E-state index in [1.807, 2.05) is 25.8 Å². The molecule has 1 aromatic rings. The molecule has 23 heavy (non-hydrogen) atoms. The minimum Gasteiger partial charge on any atom is -0.356 e. The first-order chi connectivity index (χ1) is 10.8. The number of carbonyl (C=O) groups is 1. The highest BCUT2D eigenvalue weighted by atomic mass is 32.2. The Bertz CT molecular complexity index is 635. The zero-order chi connectivity index (χ0) is 17.0. The van der Waals surface area contributed by atoms with E-state index in [-0.39, 0.29) is 23.5 Å². The van der Waals surface area contributed by atoms with Crippen molar-refractivity contribution in [3.63, 3.8) is 0 Å². The molecule has 1 aromatic heterocycles. The lowest BCUT2D eigenvalue weighted by Gasteiger charge is -2.22. The summed E-state index contributed by atoms with van der Waals surface area (Å²) in [6.07, 6.45) is 1.81. The molecule has 1 aliphatic heterocycles. The summed E-state index contributed by atoms with van der Waals surface area (Å²) in [6, 6.07) is 0.0501. The second kappa shape index (κ2) is 7.72. The van der Waals surface area contributed by atoms with Gasteiger partial charge in [0.05, 0.1) is 22.2 Å². The van der Waals surface area contributed by atoms with E-state index in [1.165, 1.54) is 4.88 Å². The Morgan fingerprint density at radius 1 is 1.43 bits per heavy atom. The second-order valence-electron chi connectivity index (χ2n) is 6.14. The number of hydrogen-bond donors (Lipinski definition) is 1. The number of nitrogens with one attached hydrogen (secondary N) is 1. The van der Waals surface area contributed by atoms with Gasteiger partial charge in [-0.1, -0.05) is 0 Å². The summed E-state index contributed by atoms with van der Waals surface area (Å²) in [6.45, 7) is 5.22. The van der Waals surface area contributed by atoms with Gasteiger partial charge >= 0.3 is 0 Å². The van der Waals surface area contributed by atoms with Gasteiger partial charge in [0.15, 0.2) is 9.84 Å². The van der Waals surface area contributed by atoms with Gasteiger partial charge in [-0.2, -0.15) is 0 Å². The normalized spacial score (nSPS) is 20.1. The smallest absolute Gasteiger partial charge is 0.221 e. The zero-order valence-corrected chi connectivity index (χ0v) is 15.6. The number of nitrogens with zero attached hydrogens (tertiary/aromatic N) is 2. The van der Waals surface area contributed by atoms with Crippen molar-refractivity contribution in [2.75, 3.05) is 31.6 Å². The molecule has 0 radical (unpaired) electrons. The Hall–Kier alpha value is -0.990. The Kier molecular flexibility index (Phi) is 6.16. The number of hydrogen-bond acceptors (Lipinski definition) is 6. The molecule has 1 aliphatic rings. The van der Waals surface area contributed by atoms with Crippen molar-refractivity contribution in [3.8, 4) is 0 Å². The number of aromatic nitrogens is 1. The molecule has 1 fully saturated rings. The minimum atomic E-state index is -2.87. The van der Waals surface area contributed by atoms with Crippen molar-refractivity contribution in [2.24, 2.45) is 0 Å². The van der Waals surface area contributed by atoms with Crippen LogP contribution in [0.2, 0.25) is 0 Å². The summed E-state index contributed by atoms with van der Waals surface area (Å²) in [5.74, 6) is 0.483. The first-order valence-corrected chi connectivity index (χ1v) is 10.5. The molecule has 0 aliphatic carbocycles. The van der Waals surface area contributed by atoms with Crippen LogP contribution in [0.15, 0.2) is 0 Å². The van der Waals surface area contributed by atoms with Crippen LogP contribution in [-0.4, -0.2) is 61.9 Å². The Morgan fingerprint density at radius 2 is 2.17 bits per heavy atom. The molecule has 2 heterocycles. The number of thiazole rings is 1. The summed E-state index contributed by atoms with van der Waals surface area (Å²) >= 11 is 1.67. The fourth-order valence-corrected chi connectivity index (χ4v) is 5.37. The van der Waals surface area contributed by atoms with Gasteiger partial charge in [-0.25, -0.2) is 13.4 Å². The van der Waals surface area contributed by atoms with Crippen LogP contribution in [0.5, 0.6) is 0 Å². The van der Waals surface area contributed by atoms with E-state index >= 15 is 0 Å². The highest BCUT2D eigenvalue weighted by molar-refractivity contribution is 7.91. The van der Waals surface area contributed by atoms with Crippen LogP contribution < -0.4 is 5.32 Å². The molecule has 0 aromatic carbocycles. The lowest BCUT2D eigenvalue weighted by atomic mass is 10.2. The second-order valence-corrected chi connectivity index (χ2v) is 9.65. The van der Waals surface area contributed by atoms with Crippen LogP contribution in [0.3, 0.4) is 0 Å². The first-order valence-electron chi connectivity index (χ1n) is 7.87. The van der Waals surface area contributed by atoms with Crippen molar-refractivity contribution < 1.29 is 13.2 Å². The average molecular weight is 360 g/mol. The van der Waals surface area contributed by atoms with Crippen molar-refractivity contribution >= 4 is 27.1 Å². The van der Waals surface area contributed by atoms with Crippen LogP contribution in [0.4, 0.5) is 0 Å². The highest BCUT2D eigenvalue weighted by Crippen LogP contribution is 2.17. The molecular formula is C15H25N3O3S2. The minimum absolute atomic E-state index is 0.00250. The fourth-order valence-electron chi connectivity index (χ4n) is 2.63. The molecule has 0 bridgehead atoms. The lowest BCUT2D eigenvalue weighted by molar-refractivity contribution is -0.121. The molecule has 1 atom stereocenters.